The zero-order valence-electron chi connectivity index (χ0n) is 27.2. The van der Waals surface area contributed by atoms with Gasteiger partial charge in [0.25, 0.3) is 0 Å². The fourth-order valence-electron chi connectivity index (χ4n) is 10.6. The van der Waals surface area contributed by atoms with Crippen LogP contribution in [0.4, 0.5) is 0 Å². The SMILES string of the molecule is CC(CCC(=O)NCCCNCCCCNCCCN)[C@H]1CCC2C3CC[C@@H]4C[C@H](O)CC[C@]4(C)C3C[C@H](C)[C@@]21C. The number of unbranched alkanes of at least 4 members (excludes halogenated alkanes) is 1. The van der Waals surface area contributed by atoms with E-state index in [1.54, 1.807) is 0 Å². The van der Waals surface area contributed by atoms with E-state index in [2.05, 4.69) is 43.6 Å². The van der Waals surface area contributed by atoms with E-state index in [0.717, 1.165) is 107 Å². The van der Waals surface area contributed by atoms with E-state index in [1.807, 2.05) is 0 Å². The van der Waals surface area contributed by atoms with Crippen LogP contribution in [0.5, 0.6) is 0 Å². The summed E-state index contributed by atoms with van der Waals surface area (Å²) in [4.78, 5) is 12.7. The van der Waals surface area contributed by atoms with Crippen LogP contribution in [0.25, 0.3) is 0 Å². The van der Waals surface area contributed by atoms with Gasteiger partial charge < -0.3 is 26.8 Å². The van der Waals surface area contributed by atoms with Gasteiger partial charge in [-0.05, 0) is 168 Å². The van der Waals surface area contributed by atoms with Crippen molar-refractivity contribution in [3.8, 4) is 0 Å². The van der Waals surface area contributed by atoms with Crippen LogP contribution in [0.2, 0.25) is 0 Å². The second-order valence-corrected chi connectivity index (χ2v) is 15.3. The van der Waals surface area contributed by atoms with Gasteiger partial charge in [0.1, 0.15) is 0 Å². The molecule has 4 saturated carbocycles. The van der Waals surface area contributed by atoms with E-state index in [9.17, 15) is 9.90 Å². The average molecular weight is 575 g/mol. The molecule has 6 N–H and O–H groups in total. The summed E-state index contributed by atoms with van der Waals surface area (Å²) in [7, 11) is 0. The third-order valence-corrected chi connectivity index (χ3v) is 13.2. The van der Waals surface area contributed by atoms with Crippen molar-refractivity contribution in [3.63, 3.8) is 0 Å². The molecule has 4 rings (SSSR count). The number of nitrogens with one attached hydrogen (secondary N) is 3. The van der Waals surface area contributed by atoms with E-state index in [-0.39, 0.29) is 12.0 Å². The van der Waals surface area contributed by atoms with Crippen molar-refractivity contribution < 1.29 is 9.90 Å². The molecule has 0 bridgehead atoms. The normalized spacial score (nSPS) is 39.0. The van der Waals surface area contributed by atoms with Gasteiger partial charge in [-0.15, -0.1) is 0 Å². The quantitative estimate of drug-likeness (QED) is 0.157. The molecular formula is C35H66N4O2. The van der Waals surface area contributed by atoms with Crippen molar-refractivity contribution in [3.05, 3.63) is 0 Å². The second kappa shape index (κ2) is 15.3. The van der Waals surface area contributed by atoms with Gasteiger partial charge in [-0.3, -0.25) is 4.79 Å². The summed E-state index contributed by atoms with van der Waals surface area (Å²) in [5, 5.41) is 20.5. The van der Waals surface area contributed by atoms with Gasteiger partial charge >= 0.3 is 0 Å². The van der Waals surface area contributed by atoms with Crippen molar-refractivity contribution >= 4 is 5.91 Å². The summed E-state index contributed by atoms with van der Waals surface area (Å²) in [5.74, 6) is 5.64. The lowest BCUT2D eigenvalue weighted by atomic mass is 9.42. The minimum atomic E-state index is -0.0591. The molecule has 10 atom stereocenters. The Balaban J connectivity index is 1.15. The van der Waals surface area contributed by atoms with Crippen molar-refractivity contribution in [1.82, 2.24) is 16.0 Å². The van der Waals surface area contributed by atoms with Crippen molar-refractivity contribution in [2.45, 2.75) is 124 Å². The second-order valence-electron chi connectivity index (χ2n) is 15.3. The first kappa shape index (κ1) is 33.2. The maximum Gasteiger partial charge on any atom is 0.220 e. The van der Waals surface area contributed by atoms with Crippen LogP contribution >= 0.6 is 0 Å². The first-order valence-corrected chi connectivity index (χ1v) is 17.8. The van der Waals surface area contributed by atoms with E-state index in [0.29, 0.717) is 23.2 Å². The molecule has 0 spiro atoms. The van der Waals surface area contributed by atoms with Gasteiger partial charge in [-0.2, -0.15) is 0 Å². The first-order valence-electron chi connectivity index (χ1n) is 17.8. The molecule has 0 heterocycles. The zero-order chi connectivity index (χ0) is 29.5. The minimum absolute atomic E-state index is 0.0591. The lowest BCUT2D eigenvalue weighted by molar-refractivity contribution is -0.149. The highest BCUT2D eigenvalue weighted by molar-refractivity contribution is 5.75. The third kappa shape index (κ3) is 7.70. The fraction of sp³-hybridized carbons (Fsp3) is 0.971. The number of aliphatic hydroxyl groups is 1. The standard InChI is InChI=1S/C35H66N4O2/c1-25(9-14-33(41)39-22-8-21-38-19-6-5-18-37-20-7-17-36)30-12-13-31-29-11-10-27-24-28(40)15-16-34(27,3)32(29)23-26(2)35(30,31)4/h25-32,37-38,40H,5-24,36H2,1-4H3,(H,39,41)/t25?,26-,27+,28+,29?,30+,31?,32?,34-,35+/m0/s1. The van der Waals surface area contributed by atoms with Gasteiger partial charge in [-0.1, -0.05) is 27.7 Å². The minimum Gasteiger partial charge on any atom is -0.393 e. The molecule has 238 valence electrons. The van der Waals surface area contributed by atoms with E-state index in [4.69, 9.17) is 5.73 Å². The molecule has 4 fully saturated rings. The van der Waals surface area contributed by atoms with E-state index >= 15 is 0 Å². The van der Waals surface area contributed by atoms with Crippen LogP contribution in [-0.2, 0) is 4.79 Å². The summed E-state index contributed by atoms with van der Waals surface area (Å²) in [6.45, 7) is 15.9. The Morgan fingerprint density at radius 3 is 2.34 bits per heavy atom. The van der Waals surface area contributed by atoms with Crippen molar-refractivity contribution in [2.24, 2.45) is 58.0 Å². The lowest BCUT2D eigenvalue weighted by Gasteiger charge is -2.63. The molecule has 0 aliphatic heterocycles. The van der Waals surface area contributed by atoms with Gasteiger partial charge in [0, 0.05) is 13.0 Å². The maximum absolute atomic E-state index is 12.7. The monoisotopic (exact) mass is 575 g/mol. The average Bonchev–Trinajstić information content (AvgIpc) is 3.32. The van der Waals surface area contributed by atoms with Crippen LogP contribution in [-0.4, -0.2) is 56.4 Å². The summed E-state index contributed by atoms with van der Waals surface area (Å²) >= 11 is 0. The van der Waals surface area contributed by atoms with E-state index < -0.39 is 0 Å². The van der Waals surface area contributed by atoms with Crippen molar-refractivity contribution in [1.29, 1.82) is 0 Å². The summed E-state index contributed by atoms with van der Waals surface area (Å²) in [6.07, 6.45) is 16.2. The van der Waals surface area contributed by atoms with Crippen LogP contribution in [0.3, 0.4) is 0 Å². The molecule has 0 saturated heterocycles. The molecule has 6 nitrogen and oxygen atoms in total. The molecule has 0 aromatic rings. The Labute approximate surface area is 252 Å². The first-order chi connectivity index (χ1) is 19.7. The summed E-state index contributed by atoms with van der Waals surface area (Å²) < 4.78 is 0. The maximum atomic E-state index is 12.7. The van der Waals surface area contributed by atoms with Gasteiger partial charge in [0.15, 0.2) is 0 Å². The molecule has 4 unspecified atom stereocenters. The Morgan fingerprint density at radius 1 is 0.902 bits per heavy atom. The Bertz CT molecular complexity index is 809. The van der Waals surface area contributed by atoms with Gasteiger partial charge in [0.05, 0.1) is 6.10 Å². The lowest BCUT2D eigenvalue weighted by Crippen LogP contribution is -2.56. The number of rotatable bonds is 16. The van der Waals surface area contributed by atoms with E-state index in [1.165, 1.54) is 51.4 Å². The smallest absolute Gasteiger partial charge is 0.220 e. The number of amides is 1. The third-order valence-electron chi connectivity index (χ3n) is 13.2. The predicted octanol–water partition coefficient (Wildman–Crippen LogP) is 5.48. The van der Waals surface area contributed by atoms with Crippen LogP contribution < -0.4 is 21.7 Å². The predicted molar refractivity (Wildman–Crippen MR) is 170 cm³/mol. The number of hydrogen-bond donors (Lipinski definition) is 5. The fourth-order valence-corrected chi connectivity index (χ4v) is 10.6. The number of hydrogen-bond acceptors (Lipinski definition) is 5. The Hall–Kier alpha value is -0.690. The molecule has 6 heteroatoms. The summed E-state index contributed by atoms with van der Waals surface area (Å²) in [6, 6.07) is 0. The highest BCUT2D eigenvalue weighted by Crippen LogP contribution is 2.69. The highest BCUT2D eigenvalue weighted by atomic mass is 16.3. The van der Waals surface area contributed by atoms with Crippen LogP contribution in [0.1, 0.15) is 118 Å². The number of carbonyl (C=O) groups excluding carboxylic acids is 1. The molecule has 0 radical (unpaired) electrons. The summed E-state index contributed by atoms with van der Waals surface area (Å²) in [5.41, 5.74) is 6.37. The molecule has 41 heavy (non-hydrogen) atoms. The van der Waals surface area contributed by atoms with Crippen LogP contribution in [0.15, 0.2) is 0 Å². The largest absolute Gasteiger partial charge is 0.393 e. The molecule has 0 aromatic carbocycles. The topological polar surface area (TPSA) is 99.4 Å². The highest BCUT2D eigenvalue weighted by Gasteiger charge is 2.62. The molecule has 1 amide bonds. The molecular weight excluding hydrogens is 508 g/mol. The zero-order valence-corrected chi connectivity index (χ0v) is 27.2. The van der Waals surface area contributed by atoms with Gasteiger partial charge in [0.2, 0.25) is 5.91 Å². The molecule has 4 aliphatic carbocycles. The van der Waals surface area contributed by atoms with Gasteiger partial charge in [-0.25, -0.2) is 0 Å². The number of carbonyl (C=O) groups is 1. The Kier molecular flexibility index (Phi) is 12.4. The van der Waals surface area contributed by atoms with Crippen LogP contribution in [0, 0.1) is 52.3 Å². The number of nitrogens with two attached hydrogens (primary N) is 1. The molecule has 0 aromatic heterocycles. The number of aliphatic hydroxyl groups excluding tert-OH is 1. The Morgan fingerprint density at radius 2 is 1.61 bits per heavy atom. The molecule has 4 aliphatic rings. The van der Waals surface area contributed by atoms with Crippen molar-refractivity contribution in [2.75, 3.05) is 39.3 Å². The number of fused-ring (bicyclic) bond motifs is 5.